The summed E-state index contributed by atoms with van der Waals surface area (Å²) in [5.74, 6) is 1.24. The van der Waals surface area contributed by atoms with E-state index in [2.05, 4.69) is 24.5 Å². The number of urea groups is 1. The van der Waals surface area contributed by atoms with Gasteiger partial charge in [0.1, 0.15) is 11.8 Å². The smallest absolute Gasteiger partial charge is 0.322 e. The summed E-state index contributed by atoms with van der Waals surface area (Å²) in [7, 11) is 0. The lowest BCUT2D eigenvalue weighted by atomic mass is 10.1. The van der Waals surface area contributed by atoms with Crippen molar-refractivity contribution in [3.05, 3.63) is 29.8 Å². The zero-order valence-corrected chi connectivity index (χ0v) is 13.2. The maximum atomic E-state index is 11.6. The highest BCUT2D eigenvalue weighted by Gasteiger charge is 2.30. The highest BCUT2D eigenvalue weighted by atomic mass is 16.5. The van der Waals surface area contributed by atoms with Crippen molar-refractivity contribution in [1.29, 1.82) is 0 Å². The number of imide groups is 1. The Labute approximate surface area is 131 Å². The standard InChI is InChI=1S/C17H24N2O3/c1-12(2)6-4-3-5-11-22-14-9-7-13(8-10-14)15-16(20)19-17(21)18-15/h7-10,12,15H,3-6,11H2,1-2H3,(H2,18,19,20,21). The minimum atomic E-state index is -0.599. The number of carbonyl (C=O) groups excluding carboxylic acids is 2. The summed E-state index contributed by atoms with van der Waals surface area (Å²) in [6.07, 6.45) is 4.75. The van der Waals surface area contributed by atoms with Crippen LogP contribution < -0.4 is 15.4 Å². The average molecular weight is 304 g/mol. The van der Waals surface area contributed by atoms with Gasteiger partial charge in [-0.15, -0.1) is 0 Å². The molecule has 1 aliphatic rings. The van der Waals surface area contributed by atoms with Crippen molar-refractivity contribution in [3.8, 4) is 5.75 Å². The van der Waals surface area contributed by atoms with E-state index in [0.29, 0.717) is 6.61 Å². The van der Waals surface area contributed by atoms with Crippen LogP contribution >= 0.6 is 0 Å². The van der Waals surface area contributed by atoms with Crippen molar-refractivity contribution in [2.75, 3.05) is 6.61 Å². The predicted octanol–water partition coefficient (Wildman–Crippen LogP) is 3.16. The number of nitrogens with one attached hydrogen (secondary N) is 2. The maximum absolute atomic E-state index is 11.6. The minimum Gasteiger partial charge on any atom is -0.494 e. The summed E-state index contributed by atoms with van der Waals surface area (Å²) in [5, 5.41) is 4.80. The molecule has 0 spiro atoms. The first-order valence-corrected chi connectivity index (χ1v) is 7.90. The van der Waals surface area contributed by atoms with Gasteiger partial charge >= 0.3 is 6.03 Å². The lowest BCUT2D eigenvalue weighted by Gasteiger charge is -2.10. The van der Waals surface area contributed by atoms with E-state index >= 15 is 0 Å². The number of hydrogen-bond donors (Lipinski definition) is 2. The molecule has 0 radical (unpaired) electrons. The number of ether oxygens (including phenoxy) is 1. The Bertz CT molecular complexity index is 511. The van der Waals surface area contributed by atoms with Gasteiger partial charge in [0.2, 0.25) is 0 Å². The molecule has 2 rings (SSSR count). The number of carbonyl (C=O) groups is 2. The van der Waals surface area contributed by atoms with Gasteiger partial charge in [-0.05, 0) is 30.0 Å². The third kappa shape index (κ3) is 4.76. The second kappa shape index (κ2) is 7.82. The van der Waals surface area contributed by atoms with E-state index in [4.69, 9.17) is 4.74 Å². The van der Waals surface area contributed by atoms with Crippen LogP contribution in [0.5, 0.6) is 5.75 Å². The van der Waals surface area contributed by atoms with Crippen LogP contribution in [0.1, 0.15) is 51.1 Å². The molecule has 0 saturated carbocycles. The molecule has 1 saturated heterocycles. The molecule has 5 nitrogen and oxygen atoms in total. The maximum Gasteiger partial charge on any atom is 0.322 e. The molecular formula is C17H24N2O3. The van der Waals surface area contributed by atoms with Gasteiger partial charge in [-0.25, -0.2) is 4.79 Å². The van der Waals surface area contributed by atoms with Gasteiger partial charge in [-0.1, -0.05) is 45.2 Å². The SMILES string of the molecule is CC(C)CCCCCOc1ccc(C2NC(=O)NC2=O)cc1. The van der Waals surface area contributed by atoms with Crippen LogP contribution in [-0.4, -0.2) is 18.5 Å². The number of benzene rings is 1. The minimum absolute atomic E-state index is 0.316. The average Bonchev–Trinajstić information content (AvgIpc) is 2.82. The fourth-order valence-electron chi connectivity index (χ4n) is 2.43. The number of unbranched alkanes of at least 4 members (excludes halogenated alkanes) is 2. The second-order valence-corrected chi connectivity index (χ2v) is 6.06. The van der Waals surface area contributed by atoms with Crippen molar-refractivity contribution in [1.82, 2.24) is 10.6 Å². The summed E-state index contributed by atoms with van der Waals surface area (Å²) < 4.78 is 5.69. The number of hydrogen-bond acceptors (Lipinski definition) is 3. The van der Waals surface area contributed by atoms with Crippen LogP contribution in [0.4, 0.5) is 4.79 Å². The quantitative estimate of drug-likeness (QED) is 0.572. The van der Waals surface area contributed by atoms with E-state index in [0.717, 1.165) is 23.7 Å². The first kappa shape index (κ1) is 16.3. The van der Waals surface area contributed by atoms with E-state index in [9.17, 15) is 9.59 Å². The summed E-state index contributed by atoms with van der Waals surface area (Å²) >= 11 is 0. The molecule has 2 N–H and O–H groups in total. The van der Waals surface area contributed by atoms with Gasteiger partial charge in [-0.2, -0.15) is 0 Å². The van der Waals surface area contributed by atoms with E-state index in [1.807, 2.05) is 24.3 Å². The monoisotopic (exact) mass is 304 g/mol. The van der Waals surface area contributed by atoms with Crippen molar-refractivity contribution in [2.45, 2.75) is 45.6 Å². The van der Waals surface area contributed by atoms with Gasteiger partial charge in [0.15, 0.2) is 0 Å². The van der Waals surface area contributed by atoms with Crippen LogP contribution in [0.25, 0.3) is 0 Å². The van der Waals surface area contributed by atoms with E-state index < -0.39 is 12.1 Å². The molecule has 1 aromatic rings. The van der Waals surface area contributed by atoms with Crippen LogP contribution in [0.2, 0.25) is 0 Å². The van der Waals surface area contributed by atoms with Gasteiger partial charge in [0, 0.05) is 0 Å². The lowest BCUT2D eigenvalue weighted by Crippen LogP contribution is -2.22. The molecule has 1 unspecified atom stereocenters. The zero-order chi connectivity index (χ0) is 15.9. The van der Waals surface area contributed by atoms with Gasteiger partial charge in [0.05, 0.1) is 6.61 Å². The van der Waals surface area contributed by atoms with Crippen molar-refractivity contribution in [2.24, 2.45) is 5.92 Å². The van der Waals surface area contributed by atoms with Crippen LogP contribution in [0, 0.1) is 5.92 Å². The van der Waals surface area contributed by atoms with Crippen molar-refractivity contribution < 1.29 is 14.3 Å². The molecule has 22 heavy (non-hydrogen) atoms. The second-order valence-electron chi connectivity index (χ2n) is 6.06. The van der Waals surface area contributed by atoms with Gasteiger partial charge in [-0.3, -0.25) is 10.1 Å². The Balaban J connectivity index is 1.73. The molecule has 1 heterocycles. The summed E-state index contributed by atoms with van der Waals surface area (Å²) in [6, 6.07) is 6.24. The zero-order valence-electron chi connectivity index (χ0n) is 13.2. The van der Waals surface area contributed by atoms with E-state index in [-0.39, 0.29) is 5.91 Å². The Hall–Kier alpha value is -2.04. The molecule has 0 aromatic heterocycles. The molecule has 0 aliphatic carbocycles. The molecule has 1 atom stereocenters. The first-order valence-electron chi connectivity index (χ1n) is 7.90. The molecule has 3 amide bonds. The molecule has 120 valence electrons. The Kier molecular flexibility index (Phi) is 5.81. The summed E-state index contributed by atoms with van der Waals surface area (Å²) in [4.78, 5) is 22.7. The molecule has 1 aliphatic heterocycles. The van der Waals surface area contributed by atoms with Gasteiger partial charge in [0.25, 0.3) is 5.91 Å². The van der Waals surface area contributed by atoms with E-state index in [1.165, 1.54) is 19.3 Å². The van der Waals surface area contributed by atoms with E-state index in [1.54, 1.807) is 0 Å². The predicted molar refractivity (Wildman–Crippen MR) is 84.7 cm³/mol. The highest BCUT2D eigenvalue weighted by molar-refractivity contribution is 6.04. The Morgan fingerprint density at radius 2 is 1.82 bits per heavy atom. The lowest BCUT2D eigenvalue weighted by molar-refractivity contribution is -0.120. The fraction of sp³-hybridized carbons (Fsp3) is 0.529. The largest absolute Gasteiger partial charge is 0.494 e. The number of rotatable bonds is 8. The van der Waals surface area contributed by atoms with Crippen LogP contribution in [0.15, 0.2) is 24.3 Å². The Morgan fingerprint density at radius 3 is 2.41 bits per heavy atom. The van der Waals surface area contributed by atoms with Crippen molar-refractivity contribution in [3.63, 3.8) is 0 Å². The van der Waals surface area contributed by atoms with Crippen LogP contribution in [0.3, 0.4) is 0 Å². The normalized spacial score (nSPS) is 17.5. The molecule has 1 fully saturated rings. The fourth-order valence-corrected chi connectivity index (χ4v) is 2.43. The summed E-state index contributed by atoms with van der Waals surface area (Å²) in [6.45, 7) is 5.19. The Morgan fingerprint density at radius 1 is 1.09 bits per heavy atom. The summed E-state index contributed by atoms with van der Waals surface area (Å²) in [5.41, 5.74) is 0.757. The number of amides is 3. The topological polar surface area (TPSA) is 67.4 Å². The first-order chi connectivity index (χ1) is 10.6. The van der Waals surface area contributed by atoms with Crippen molar-refractivity contribution >= 4 is 11.9 Å². The third-order valence-electron chi connectivity index (χ3n) is 3.68. The highest BCUT2D eigenvalue weighted by Crippen LogP contribution is 2.20. The molecule has 5 heteroatoms. The molecular weight excluding hydrogens is 280 g/mol. The van der Waals surface area contributed by atoms with Gasteiger partial charge < -0.3 is 10.1 Å². The third-order valence-corrected chi connectivity index (χ3v) is 3.68. The van der Waals surface area contributed by atoms with Crippen LogP contribution in [-0.2, 0) is 4.79 Å². The molecule has 0 bridgehead atoms. The molecule has 1 aromatic carbocycles.